The summed E-state index contributed by atoms with van der Waals surface area (Å²) < 4.78 is 1.89. The first-order chi connectivity index (χ1) is 11.6. The van der Waals surface area contributed by atoms with Crippen molar-refractivity contribution in [1.29, 1.82) is 0 Å². The minimum Gasteiger partial charge on any atom is -0.320 e. The standard InChI is InChI=1S/C16H13Cl2N5O/c17-13-2-1-12(6-14(13)18)20-16(24)22-4-3-10-7-23-9-19-21-15(23)5-11(10)8-22/h1-2,5-7,9H,3-4,8H2,(H,20,24). The molecular weight excluding hydrogens is 349 g/mol. The van der Waals surface area contributed by atoms with Crippen LogP contribution in [-0.4, -0.2) is 32.1 Å². The Balaban J connectivity index is 1.52. The Morgan fingerprint density at radius 3 is 2.88 bits per heavy atom. The number of rotatable bonds is 1. The van der Waals surface area contributed by atoms with Gasteiger partial charge in [-0.15, -0.1) is 10.2 Å². The number of carbonyl (C=O) groups excluding carboxylic acids is 1. The molecule has 0 saturated carbocycles. The van der Waals surface area contributed by atoms with Crippen LogP contribution in [0.15, 0.2) is 36.8 Å². The normalized spacial score (nSPS) is 13.8. The number of hydrogen-bond donors (Lipinski definition) is 1. The zero-order valence-electron chi connectivity index (χ0n) is 12.5. The maximum atomic E-state index is 12.5. The van der Waals surface area contributed by atoms with Gasteiger partial charge in [0.05, 0.1) is 10.0 Å². The lowest BCUT2D eigenvalue weighted by molar-refractivity contribution is 0.206. The number of fused-ring (bicyclic) bond motifs is 2. The molecule has 6 nitrogen and oxygen atoms in total. The summed E-state index contributed by atoms with van der Waals surface area (Å²) in [7, 11) is 0. The molecule has 122 valence electrons. The summed E-state index contributed by atoms with van der Waals surface area (Å²) in [5.41, 5.74) is 3.69. The van der Waals surface area contributed by atoms with E-state index in [0.717, 1.165) is 17.6 Å². The van der Waals surface area contributed by atoms with Gasteiger partial charge in [-0.1, -0.05) is 23.2 Å². The number of aromatic nitrogens is 3. The molecule has 1 aromatic carbocycles. The highest BCUT2D eigenvalue weighted by molar-refractivity contribution is 6.42. The van der Waals surface area contributed by atoms with E-state index in [0.29, 0.717) is 28.8 Å². The van der Waals surface area contributed by atoms with E-state index in [1.165, 1.54) is 5.56 Å². The second-order valence-electron chi connectivity index (χ2n) is 5.65. The van der Waals surface area contributed by atoms with Gasteiger partial charge < -0.3 is 10.2 Å². The van der Waals surface area contributed by atoms with E-state index in [9.17, 15) is 4.79 Å². The number of amides is 2. The summed E-state index contributed by atoms with van der Waals surface area (Å²) in [5, 5.41) is 11.7. The number of hydrogen-bond acceptors (Lipinski definition) is 3. The number of pyridine rings is 1. The maximum absolute atomic E-state index is 12.5. The molecule has 8 heteroatoms. The summed E-state index contributed by atoms with van der Waals surface area (Å²) >= 11 is 11.9. The lowest BCUT2D eigenvalue weighted by Crippen LogP contribution is -2.39. The highest BCUT2D eigenvalue weighted by Crippen LogP contribution is 2.26. The molecule has 0 unspecified atom stereocenters. The van der Waals surface area contributed by atoms with Crippen molar-refractivity contribution in [2.75, 3.05) is 11.9 Å². The Bertz CT molecular complexity index is 939. The van der Waals surface area contributed by atoms with Crippen LogP contribution in [0.3, 0.4) is 0 Å². The molecule has 1 N–H and O–H groups in total. The van der Waals surface area contributed by atoms with E-state index in [-0.39, 0.29) is 6.03 Å². The molecular formula is C16H13Cl2N5O. The van der Waals surface area contributed by atoms with Gasteiger partial charge in [-0.05, 0) is 41.8 Å². The van der Waals surface area contributed by atoms with Gasteiger partial charge in [-0.2, -0.15) is 0 Å². The SMILES string of the molecule is O=C(Nc1ccc(Cl)c(Cl)c1)N1CCc2cn3cnnc3cc2C1. The Labute approximate surface area is 148 Å². The van der Waals surface area contributed by atoms with Crippen LogP contribution in [0.1, 0.15) is 11.1 Å². The summed E-state index contributed by atoms with van der Waals surface area (Å²) in [5.74, 6) is 0. The highest BCUT2D eigenvalue weighted by Gasteiger charge is 2.21. The lowest BCUT2D eigenvalue weighted by atomic mass is 10.0. The Hall–Kier alpha value is -2.31. The molecule has 24 heavy (non-hydrogen) atoms. The fraction of sp³-hybridized carbons (Fsp3) is 0.188. The predicted molar refractivity (Wildman–Crippen MR) is 92.6 cm³/mol. The van der Waals surface area contributed by atoms with Crippen molar-refractivity contribution in [1.82, 2.24) is 19.5 Å². The minimum atomic E-state index is -0.166. The van der Waals surface area contributed by atoms with E-state index < -0.39 is 0 Å². The van der Waals surface area contributed by atoms with Crippen molar-refractivity contribution < 1.29 is 4.79 Å². The monoisotopic (exact) mass is 361 g/mol. The van der Waals surface area contributed by atoms with E-state index in [1.54, 1.807) is 29.4 Å². The molecule has 1 aliphatic rings. The third-order valence-electron chi connectivity index (χ3n) is 4.08. The fourth-order valence-corrected chi connectivity index (χ4v) is 3.11. The third kappa shape index (κ3) is 2.79. The number of carbonyl (C=O) groups is 1. The number of nitrogens with one attached hydrogen (secondary N) is 1. The molecule has 0 radical (unpaired) electrons. The van der Waals surface area contributed by atoms with Gasteiger partial charge in [-0.25, -0.2) is 4.79 Å². The number of anilines is 1. The van der Waals surface area contributed by atoms with E-state index in [4.69, 9.17) is 23.2 Å². The zero-order valence-corrected chi connectivity index (χ0v) is 14.1. The molecule has 1 aliphatic heterocycles. The smallest absolute Gasteiger partial charge is 0.320 e. The van der Waals surface area contributed by atoms with E-state index in [2.05, 4.69) is 15.5 Å². The van der Waals surface area contributed by atoms with Gasteiger partial charge in [0.25, 0.3) is 0 Å². The molecule has 0 bridgehead atoms. The van der Waals surface area contributed by atoms with Gasteiger partial charge in [0.15, 0.2) is 5.65 Å². The van der Waals surface area contributed by atoms with Crippen molar-refractivity contribution in [3.63, 3.8) is 0 Å². The molecule has 4 rings (SSSR count). The minimum absolute atomic E-state index is 0.166. The first-order valence-corrected chi connectivity index (χ1v) is 8.18. The first-order valence-electron chi connectivity index (χ1n) is 7.42. The molecule has 0 saturated heterocycles. The maximum Gasteiger partial charge on any atom is 0.322 e. The van der Waals surface area contributed by atoms with E-state index in [1.807, 2.05) is 16.7 Å². The molecule has 0 fully saturated rings. The van der Waals surface area contributed by atoms with Gasteiger partial charge in [0.2, 0.25) is 0 Å². The molecule has 3 aromatic rings. The second-order valence-corrected chi connectivity index (χ2v) is 6.47. The number of nitrogens with zero attached hydrogens (tertiary/aromatic N) is 4. The highest BCUT2D eigenvalue weighted by atomic mass is 35.5. The Morgan fingerprint density at radius 1 is 1.17 bits per heavy atom. The second kappa shape index (κ2) is 5.96. The van der Waals surface area contributed by atoms with Crippen LogP contribution in [0.5, 0.6) is 0 Å². The average Bonchev–Trinajstić information content (AvgIpc) is 3.02. The number of benzene rings is 1. The van der Waals surface area contributed by atoms with E-state index >= 15 is 0 Å². The van der Waals surface area contributed by atoms with Crippen molar-refractivity contribution in [2.24, 2.45) is 0 Å². The van der Waals surface area contributed by atoms with Gasteiger partial charge in [0, 0.05) is 25.0 Å². The first kappa shape index (κ1) is 15.2. The van der Waals surface area contributed by atoms with Crippen molar-refractivity contribution >= 4 is 40.6 Å². The topological polar surface area (TPSA) is 62.5 Å². The van der Waals surface area contributed by atoms with Crippen molar-refractivity contribution in [3.05, 3.63) is 58.0 Å². The zero-order chi connectivity index (χ0) is 16.7. The van der Waals surface area contributed by atoms with Gasteiger partial charge >= 0.3 is 6.03 Å². The summed E-state index contributed by atoms with van der Waals surface area (Å²) in [4.78, 5) is 14.3. The summed E-state index contributed by atoms with van der Waals surface area (Å²) in [6, 6.07) is 6.83. The van der Waals surface area contributed by atoms with Crippen LogP contribution >= 0.6 is 23.2 Å². The molecule has 2 amide bonds. The lowest BCUT2D eigenvalue weighted by Gasteiger charge is -2.29. The predicted octanol–water partition coefficient (Wildman–Crippen LogP) is 3.63. The number of halogens is 2. The van der Waals surface area contributed by atoms with Crippen LogP contribution in [0.25, 0.3) is 5.65 Å². The molecule has 0 aliphatic carbocycles. The largest absolute Gasteiger partial charge is 0.322 e. The molecule has 2 aromatic heterocycles. The van der Waals surface area contributed by atoms with Crippen LogP contribution in [0.4, 0.5) is 10.5 Å². The summed E-state index contributed by atoms with van der Waals surface area (Å²) in [6.07, 6.45) is 4.50. The Kier molecular flexibility index (Phi) is 3.78. The average molecular weight is 362 g/mol. The third-order valence-corrected chi connectivity index (χ3v) is 4.82. The van der Waals surface area contributed by atoms with Crippen LogP contribution in [-0.2, 0) is 13.0 Å². The van der Waals surface area contributed by atoms with Crippen LogP contribution in [0.2, 0.25) is 10.0 Å². The van der Waals surface area contributed by atoms with Crippen LogP contribution < -0.4 is 5.32 Å². The fourth-order valence-electron chi connectivity index (χ4n) is 2.82. The van der Waals surface area contributed by atoms with Crippen LogP contribution in [0, 0.1) is 0 Å². The quantitative estimate of drug-likeness (QED) is 0.719. The molecule has 0 atom stereocenters. The van der Waals surface area contributed by atoms with Gasteiger partial charge in [-0.3, -0.25) is 4.40 Å². The molecule has 0 spiro atoms. The Morgan fingerprint density at radius 2 is 2.04 bits per heavy atom. The van der Waals surface area contributed by atoms with Crippen molar-refractivity contribution in [2.45, 2.75) is 13.0 Å². The van der Waals surface area contributed by atoms with Gasteiger partial charge in [0.1, 0.15) is 6.33 Å². The number of urea groups is 1. The van der Waals surface area contributed by atoms with Crippen molar-refractivity contribution in [3.8, 4) is 0 Å². The molecule has 3 heterocycles. The summed E-state index contributed by atoms with van der Waals surface area (Å²) in [6.45, 7) is 1.18.